The van der Waals surface area contributed by atoms with E-state index in [9.17, 15) is 4.79 Å². The molecule has 0 aliphatic carbocycles. The van der Waals surface area contributed by atoms with Gasteiger partial charge in [-0.2, -0.15) is 0 Å². The average molecular weight is 287 g/mol. The maximum atomic E-state index is 12.6. The Morgan fingerprint density at radius 3 is 2.48 bits per heavy atom. The van der Waals surface area contributed by atoms with Crippen LogP contribution in [0, 0.1) is 0 Å². The molecule has 0 spiro atoms. The van der Waals surface area contributed by atoms with E-state index in [0.29, 0.717) is 18.7 Å². The Labute approximate surface area is 124 Å². The van der Waals surface area contributed by atoms with E-state index in [1.165, 1.54) is 0 Å². The van der Waals surface area contributed by atoms with Gasteiger partial charge in [-0.05, 0) is 6.42 Å². The summed E-state index contributed by atoms with van der Waals surface area (Å²) in [6.07, 6.45) is 8.49. The molecule has 0 aliphatic heterocycles. The Kier molecular flexibility index (Phi) is 5.03. The van der Waals surface area contributed by atoms with Gasteiger partial charge in [0, 0.05) is 44.8 Å². The van der Waals surface area contributed by atoms with Crippen molar-refractivity contribution in [3.63, 3.8) is 0 Å². The van der Waals surface area contributed by atoms with E-state index in [2.05, 4.69) is 21.9 Å². The molecule has 2 rings (SSSR count). The van der Waals surface area contributed by atoms with Crippen LogP contribution in [0.4, 0.5) is 0 Å². The molecule has 6 nitrogen and oxygen atoms in total. The predicted octanol–water partition coefficient (Wildman–Crippen LogP) is 1.82. The molecule has 21 heavy (non-hydrogen) atoms. The number of amides is 1. The summed E-state index contributed by atoms with van der Waals surface area (Å²) < 4.78 is 1.92. The van der Waals surface area contributed by atoms with Crippen LogP contribution in [0.25, 0.3) is 0 Å². The molecule has 0 radical (unpaired) electrons. The number of rotatable bonds is 6. The van der Waals surface area contributed by atoms with Crippen LogP contribution in [0.5, 0.6) is 0 Å². The Hall–Kier alpha value is -2.24. The number of carbonyl (C=O) groups is 1. The molecule has 0 bridgehead atoms. The number of hydrogen-bond acceptors (Lipinski definition) is 4. The van der Waals surface area contributed by atoms with Crippen molar-refractivity contribution < 1.29 is 4.79 Å². The second-order valence-electron chi connectivity index (χ2n) is 4.92. The highest BCUT2D eigenvalue weighted by molar-refractivity contribution is 5.93. The largest absolute Gasteiger partial charge is 0.337 e. The van der Waals surface area contributed by atoms with Gasteiger partial charge in [0.05, 0.1) is 12.1 Å². The average Bonchev–Trinajstić information content (AvgIpc) is 2.91. The Balaban J connectivity index is 2.16. The molecule has 0 unspecified atom stereocenters. The lowest BCUT2D eigenvalue weighted by Crippen LogP contribution is -2.32. The number of nitrogens with zero attached hydrogens (tertiary/aromatic N) is 5. The summed E-state index contributed by atoms with van der Waals surface area (Å²) in [6, 6.07) is 0. The first-order valence-corrected chi connectivity index (χ1v) is 7.22. The van der Waals surface area contributed by atoms with Gasteiger partial charge in [0.1, 0.15) is 11.6 Å². The standard InChI is InChI=1S/C15H21N5O/c1-4-7-20(11-14-16-6-8-19(14)3)15(21)12-9-17-13(5-2)18-10-12/h6,8-10H,4-5,7,11H2,1-3H3. The molecule has 0 saturated heterocycles. The van der Waals surface area contributed by atoms with E-state index in [1.54, 1.807) is 23.5 Å². The second kappa shape index (κ2) is 6.97. The lowest BCUT2D eigenvalue weighted by molar-refractivity contribution is 0.0736. The highest BCUT2D eigenvalue weighted by Crippen LogP contribution is 2.09. The van der Waals surface area contributed by atoms with Gasteiger partial charge in [0.15, 0.2) is 0 Å². The second-order valence-corrected chi connectivity index (χ2v) is 4.92. The van der Waals surface area contributed by atoms with Gasteiger partial charge >= 0.3 is 0 Å². The molecule has 0 aromatic carbocycles. The van der Waals surface area contributed by atoms with Crippen molar-refractivity contribution >= 4 is 5.91 Å². The van der Waals surface area contributed by atoms with Crippen LogP contribution >= 0.6 is 0 Å². The van der Waals surface area contributed by atoms with Crippen LogP contribution in [0.1, 0.15) is 42.3 Å². The lowest BCUT2D eigenvalue weighted by atomic mass is 10.2. The third kappa shape index (κ3) is 3.65. The molecule has 2 aromatic rings. The number of imidazole rings is 1. The van der Waals surface area contributed by atoms with Gasteiger partial charge in [0.25, 0.3) is 5.91 Å². The number of aryl methyl sites for hydroxylation is 2. The van der Waals surface area contributed by atoms with Crippen LogP contribution in [-0.4, -0.2) is 36.9 Å². The Morgan fingerprint density at radius 1 is 1.24 bits per heavy atom. The van der Waals surface area contributed by atoms with Gasteiger partial charge in [-0.1, -0.05) is 13.8 Å². The van der Waals surface area contributed by atoms with E-state index in [0.717, 1.165) is 24.5 Å². The Bertz CT molecular complexity index is 590. The summed E-state index contributed by atoms with van der Waals surface area (Å²) in [5, 5.41) is 0. The van der Waals surface area contributed by atoms with E-state index < -0.39 is 0 Å². The van der Waals surface area contributed by atoms with E-state index >= 15 is 0 Å². The van der Waals surface area contributed by atoms with Crippen LogP contribution in [0.15, 0.2) is 24.8 Å². The normalized spacial score (nSPS) is 10.6. The molecule has 1 amide bonds. The van der Waals surface area contributed by atoms with E-state index in [-0.39, 0.29) is 5.91 Å². The van der Waals surface area contributed by atoms with E-state index in [4.69, 9.17) is 0 Å². The fourth-order valence-electron chi connectivity index (χ4n) is 2.07. The number of aromatic nitrogens is 4. The topological polar surface area (TPSA) is 63.9 Å². The minimum absolute atomic E-state index is 0.0532. The summed E-state index contributed by atoms with van der Waals surface area (Å²) in [5.74, 6) is 1.56. The maximum absolute atomic E-state index is 12.6. The van der Waals surface area contributed by atoms with Crippen LogP contribution in [0.2, 0.25) is 0 Å². The molecule has 2 aromatic heterocycles. The van der Waals surface area contributed by atoms with E-state index in [1.807, 2.05) is 24.7 Å². The smallest absolute Gasteiger partial charge is 0.257 e. The van der Waals surface area contributed by atoms with Crippen molar-refractivity contribution in [2.24, 2.45) is 7.05 Å². The van der Waals surface area contributed by atoms with Crippen molar-refractivity contribution in [1.29, 1.82) is 0 Å². The number of hydrogen-bond donors (Lipinski definition) is 0. The molecule has 0 aliphatic rings. The van der Waals surface area contributed by atoms with Gasteiger partial charge in [-0.15, -0.1) is 0 Å². The molecule has 6 heteroatoms. The first kappa shape index (κ1) is 15.2. The monoisotopic (exact) mass is 287 g/mol. The molecular formula is C15H21N5O. The molecule has 0 N–H and O–H groups in total. The van der Waals surface area contributed by atoms with Gasteiger partial charge < -0.3 is 9.47 Å². The van der Waals surface area contributed by atoms with Crippen molar-refractivity contribution in [2.45, 2.75) is 33.2 Å². The summed E-state index contributed by atoms with van der Waals surface area (Å²) >= 11 is 0. The fourth-order valence-corrected chi connectivity index (χ4v) is 2.07. The molecule has 112 valence electrons. The molecule has 0 fully saturated rings. The molecular weight excluding hydrogens is 266 g/mol. The lowest BCUT2D eigenvalue weighted by Gasteiger charge is -2.21. The van der Waals surface area contributed by atoms with Crippen LogP contribution < -0.4 is 0 Å². The van der Waals surface area contributed by atoms with Crippen LogP contribution in [0.3, 0.4) is 0 Å². The highest BCUT2D eigenvalue weighted by atomic mass is 16.2. The Morgan fingerprint density at radius 2 is 1.95 bits per heavy atom. The zero-order valence-electron chi connectivity index (χ0n) is 12.8. The van der Waals surface area contributed by atoms with Crippen molar-refractivity contribution in [3.8, 4) is 0 Å². The molecule has 2 heterocycles. The summed E-state index contributed by atoms with van der Waals surface area (Å²) in [5.41, 5.74) is 0.523. The quantitative estimate of drug-likeness (QED) is 0.813. The summed E-state index contributed by atoms with van der Waals surface area (Å²) in [6.45, 7) is 5.21. The predicted molar refractivity (Wildman–Crippen MR) is 79.6 cm³/mol. The summed E-state index contributed by atoms with van der Waals surface area (Å²) in [7, 11) is 1.93. The maximum Gasteiger partial charge on any atom is 0.257 e. The fraction of sp³-hybridized carbons (Fsp3) is 0.467. The van der Waals surface area contributed by atoms with Crippen molar-refractivity contribution in [3.05, 3.63) is 42.0 Å². The molecule has 0 atom stereocenters. The SMILES string of the molecule is CCCN(Cc1nccn1C)C(=O)c1cnc(CC)nc1. The van der Waals surface area contributed by atoms with Crippen molar-refractivity contribution in [1.82, 2.24) is 24.4 Å². The minimum atomic E-state index is -0.0532. The number of carbonyl (C=O) groups excluding carboxylic acids is 1. The van der Waals surface area contributed by atoms with Crippen LogP contribution in [-0.2, 0) is 20.0 Å². The zero-order chi connectivity index (χ0) is 15.2. The summed E-state index contributed by atoms with van der Waals surface area (Å²) in [4.78, 5) is 27.0. The minimum Gasteiger partial charge on any atom is -0.337 e. The highest BCUT2D eigenvalue weighted by Gasteiger charge is 2.17. The van der Waals surface area contributed by atoms with Gasteiger partial charge in [-0.25, -0.2) is 15.0 Å². The third-order valence-electron chi connectivity index (χ3n) is 3.30. The first-order chi connectivity index (χ1) is 10.2. The van der Waals surface area contributed by atoms with Crippen molar-refractivity contribution in [2.75, 3.05) is 6.54 Å². The van der Waals surface area contributed by atoms with Gasteiger partial charge in [0.2, 0.25) is 0 Å². The third-order valence-corrected chi connectivity index (χ3v) is 3.30. The first-order valence-electron chi connectivity index (χ1n) is 7.22. The zero-order valence-corrected chi connectivity index (χ0v) is 12.8. The molecule has 0 saturated carbocycles. The van der Waals surface area contributed by atoms with Gasteiger partial charge in [-0.3, -0.25) is 4.79 Å².